The van der Waals surface area contributed by atoms with Crippen LogP contribution in [0, 0.1) is 18.8 Å². The molecule has 2 N–H and O–H groups in total. The van der Waals surface area contributed by atoms with Crippen LogP contribution in [0.3, 0.4) is 0 Å². The number of carboxylic acids is 1. The van der Waals surface area contributed by atoms with Crippen LogP contribution < -0.4 is 5.32 Å². The largest absolute Gasteiger partial charge is 0.480 e. The number of ether oxygens (including phenoxy) is 1. The molecular formula is C33H46N2O4S. The van der Waals surface area contributed by atoms with Gasteiger partial charge in [0.05, 0.1) is 6.61 Å². The highest BCUT2D eigenvalue weighted by Crippen LogP contribution is 2.36. The van der Waals surface area contributed by atoms with Gasteiger partial charge in [-0.1, -0.05) is 62.4 Å². The van der Waals surface area contributed by atoms with Crippen LogP contribution in [0.5, 0.6) is 0 Å². The molecule has 7 heteroatoms. The number of carboxylic acid groups (broad SMARTS) is 1. The van der Waals surface area contributed by atoms with E-state index in [4.69, 9.17) is 4.74 Å². The number of aryl methyl sites for hydroxylation is 1. The van der Waals surface area contributed by atoms with Crippen molar-refractivity contribution in [1.82, 2.24) is 10.2 Å². The second-order valence-corrected chi connectivity index (χ2v) is 12.7. The molecule has 0 unspecified atom stereocenters. The van der Waals surface area contributed by atoms with E-state index in [9.17, 15) is 14.7 Å². The van der Waals surface area contributed by atoms with Gasteiger partial charge in [-0.25, -0.2) is 4.79 Å². The molecule has 218 valence electrons. The Bertz CT molecular complexity index is 1130. The van der Waals surface area contributed by atoms with Gasteiger partial charge in [-0.05, 0) is 84.4 Å². The molecule has 2 aliphatic rings. The molecule has 2 aromatic carbocycles. The Labute approximate surface area is 244 Å². The lowest BCUT2D eigenvalue weighted by Gasteiger charge is -2.25. The normalized spacial score (nSPS) is 20.9. The molecule has 40 heavy (non-hydrogen) atoms. The maximum atomic E-state index is 13.4. The fourth-order valence-corrected chi connectivity index (χ4v) is 7.13. The van der Waals surface area contributed by atoms with Crippen molar-refractivity contribution in [1.29, 1.82) is 0 Å². The molecular weight excluding hydrogens is 520 g/mol. The number of thioether (sulfide) groups is 1. The molecule has 1 saturated carbocycles. The smallest absolute Gasteiger partial charge is 0.326 e. The highest BCUT2D eigenvalue weighted by atomic mass is 32.2. The standard InChI is InChI=1S/C33H46N2O4S/c1-23-9-7-8-12-28(23)30-19-25(13-14-29(30)32(36)34-31(33(37)38)15-16-40-3)20-35-21-26(18-27(35)22-39-2)17-24-10-5-4-6-11-24/h7-9,12-14,19,24,26-27,31H,4-6,10-11,15-18,20-22H2,1-3H3,(H,34,36)(H,37,38)/t26-,27+,31+/m1/s1. The molecule has 2 aromatic rings. The number of rotatable bonds is 13. The van der Waals surface area contributed by atoms with E-state index >= 15 is 0 Å². The van der Waals surface area contributed by atoms with E-state index in [1.54, 1.807) is 18.9 Å². The number of nitrogens with one attached hydrogen (secondary N) is 1. The number of hydrogen-bond donors (Lipinski definition) is 2. The number of benzene rings is 2. The summed E-state index contributed by atoms with van der Waals surface area (Å²) in [5, 5.41) is 12.5. The monoisotopic (exact) mass is 566 g/mol. The third-order valence-electron chi connectivity index (χ3n) is 8.73. The van der Waals surface area contributed by atoms with Crippen LogP contribution in [0.1, 0.15) is 72.9 Å². The lowest BCUT2D eigenvalue weighted by Crippen LogP contribution is -2.41. The van der Waals surface area contributed by atoms with Crippen LogP contribution in [0.4, 0.5) is 0 Å². The average molecular weight is 567 g/mol. The molecule has 2 fully saturated rings. The van der Waals surface area contributed by atoms with Crippen molar-refractivity contribution in [2.45, 2.75) is 76.9 Å². The van der Waals surface area contributed by atoms with Crippen LogP contribution in [-0.4, -0.2) is 66.2 Å². The first kappa shape index (κ1) is 30.6. The SMILES string of the molecule is COC[C@@H]1C[C@@H](CC2CCCCC2)CN1Cc1ccc(C(=O)N[C@@H](CCSC)C(=O)O)c(-c2ccccc2C)c1. The molecule has 4 rings (SSSR count). The fraction of sp³-hybridized carbons (Fsp3) is 0.576. The van der Waals surface area contributed by atoms with Crippen molar-refractivity contribution in [3.8, 4) is 11.1 Å². The van der Waals surface area contributed by atoms with Crippen LogP contribution in [0.2, 0.25) is 0 Å². The fourth-order valence-electron chi connectivity index (χ4n) is 6.66. The summed E-state index contributed by atoms with van der Waals surface area (Å²) in [5.41, 5.74) is 4.60. The van der Waals surface area contributed by atoms with Crippen LogP contribution in [-0.2, 0) is 16.1 Å². The van der Waals surface area contributed by atoms with Crippen molar-refractivity contribution in [2.75, 3.05) is 32.3 Å². The Balaban J connectivity index is 1.56. The summed E-state index contributed by atoms with van der Waals surface area (Å²) in [4.78, 5) is 27.8. The van der Waals surface area contributed by atoms with Crippen molar-refractivity contribution in [3.05, 3.63) is 59.2 Å². The van der Waals surface area contributed by atoms with Gasteiger partial charge in [-0.2, -0.15) is 11.8 Å². The molecule has 3 atom stereocenters. The number of nitrogens with zero attached hydrogens (tertiary/aromatic N) is 1. The number of likely N-dealkylation sites (tertiary alicyclic amines) is 1. The molecule has 1 heterocycles. The van der Waals surface area contributed by atoms with Gasteiger partial charge in [0.2, 0.25) is 0 Å². The minimum absolute atomic E-state index is 0.343. The Morgan fingerprint density at radius 1 is 1.10 bits per heavy atom. The summed E-state index contributed by atoms with van der Waals surface area (Å²) in [6, 6.07) is 13.6. The topological polar surface area (TPSA) is 78.9 Å². The van der Waals surface area contributed by atoms with E-state index in [2.05, 4.69) is 16.3 Å². The van der Waals surface area contributed by atoms with E-state index in [-0.39, 0.29) is 5.91 Å². The van der Waals surface area contributed by atoms with Gasteiger partial charge in [0.1, 0.15) is 6.04 Å². The number of carbonyl (C=O) groups excluding carboxylic acids is 1. The summed E-state index contributed by atoms with van der Waals surface area (Å²) in [5.74, 6) is 0.902. The first-order chi connectivity index (χ1) is 19.4. The Morgan fingerprint density at radius 2 is 1.88 bits per heavy atom. The van der Waals surface area contributed by atoms with Gasteiger partial charge >= 0.3 is 5.97 Å². The second-order valence-electron chi connectivity index (χ2n) is 11.7. The summed E-state index contributed by atoms with van der Waals surface area (Å²) in [6.07, 6.45) is 11.8. The van der Waals surface area contributed by atoms with Crippen molar-refractivity contribution >= 4 is 23.6 Å². The highest BCUT2D eigenvalue weighted by molar-refractivity contribution is 7.98. The van der Waals surface area contributed by atoms with Gasteiger partial charge in [0.15, 0.2) is 0 Å². The Morgan fingerprint density at radius 3 is 2.58 bits per heavy atom. The van der Waals surface area contributed by atoms with Gasteiger partial charge < -0.3 is 15.2 Å². The predicted molar refractivity (Wildman–Crippen MR) is 164 cm³/mol. The number of amides is 1. The van der Waals surface area contributed by atoms with Gasteiger partial charge in [-0.15, -0.1) is 0 Å². The lowest BCUT2D eigenvalue weighted by molar-refractivity contribution is -0.139. The third kappa shape index (κ3) is 8.11. The number of carbonyl (C=O) groups is 2. The minimum atomic E-state index is -1.00. The molecule has 1 aliphatic carbocycles. The summed E-state index contributed by atoms with van der Waals surface area (Å²) in [6.45, 7) is 4.68. The molecule has 1 aliphatic heterocycles. The first-order valence-electron chi connectivity index (χ1n) is 14.8. The van der Waals surface area contributed by atoms with Gasteiger partial charge in [0.25, 0.3) is 5.91 Å². The molecule has 0 bridgehead atoms. The van der Waals surface area contributed by atoms with Crippen molar-refractivity contribution < 1.29 is 19.4 Å². The van der Waals surface area contributed by atoms with Crippen LogP contribution in [0.25, 0.3) is 11.1 Å². The maximum Gasteiger partial charge on any atom is 0.326 e. The average Bonchev–Trinajstić information content (AvgIpc) is 3.31. The van der Waals surface area contributed by atoms with Crippen LogP contribution in [0.15, 0.2) is 42.5 Å². The van der Waals surface area contributed by atoms with E-state index in [0.29, 0.717) is 29.7 Å². The zero-order chi connectivity index (χ0) is 28.5. The Kier molecular flexibility index (Phi) is 11.5. The first-order valence-corrected chi connectivity index (χ1v) is 16.2. The Hall–Kier alpha value is -2.35. The van der Waals surface area contributed by atoms with Gasteiger partial charge in [0, 0.05) is 31.8 Å². The molecule has 0 radical (unpaired) electrons. The lowest BCUT2D eigenvalue weighted by atomic mass is 9.82. The van der Waals surface area contributed by atoms with Gasteiger partial charge in [-0.3, -0.25) is 9.69 Å². The van der Waals surface area contributed by atoms with Crippen LogP contribution >= 0.6 is 11.8 Å². The summed E-state index contributed by atoms with van der Waals surface area (Å²) >= 11 is 1.57. The quantitative estimate of drug-likeness (QED) is 0.292. The predicted octanol–water partition coefficient (Wildman–Crippen LogP) is 6.41. The van der Waals surface area contributed by atoms with E-state index in [0.717, 1.165) is 47.9 Å². The summed E-state index contributed by atoms with van der Waals surface area (Å²) in [7, 11) is 1.79. The minimum Gasteiger partial charge on any atom is -0.480 e. The number of aliphatic carboxylic acids is 1. The van der Waals surface area contributed by atoms with Crippen molar-refractivity contribution in [2.24, 2.45) is 11.8 Å². The zero-order valence-electron chi connectivity index (χ0n) is 24.4. The molecule has 0 aromatic heterocycles. The van der Waals surface area contributed by atoms with Crippen molar-refractivity contribution in [3.63, 3.8) is 0 Å². The molecule has 6 nitrogen and oxygen atoms in total. The van der Waals surface area contributed by atoms with E-state index in [1.165, 1.54) is 44.9 Å². The molecule has 1 saturated heterocycles. The number of methoxy groups -OCH3 is 1. The second kappa shape index (κ2) is 15.0. The maximum absolute atomic E-state index is 13.4. The third-order valence-corrected chi connectivity index (χ3v) is 9.37. The summed E-state index contributed by atoms with van der Waals surface area (Å²) < 4.78 is 5.63. The van der Waals surface area contributed by atoms with E-state index < -0.39 is 12.0 Å². The molecule has 0 spiro atoms. The highest BCUT2D eigenvalue weighted by Gasteiger charge is 2.34. The number of hydrogen-bond acceptors (Lipinski definition) is 5. The zero-order valence-corrected chi connectivity index (χ0v) is 25.2. The molecule has 1 amide bonds. The van der Waals surface area contributed by atoms with E-state index in [1.807, 2.05) is 49.6 Å².